The largest absolute Gasteiger partial charge is 0.366 e. The van der Waals surface area contributed by atoms with Gasteiger partial charge in [0.05, 0.1) is 12.2 Å². The number of carbonyl (C=O) groups is 1. The standard InChI is InChI=1S/C31H34FN3OS/c1-6-17-35(31-33-25(4)22-37-31)18-11-10-14-28(36)21-34(5)30(26-12-8-7-9-13-26)20-23(2)27-15-16-29(32)24(3)19-27/h7-9,12-13,15-16,19-20,22H,2,6,11,17-18,21H2,1,3-5H3/b30-20-. The van der Waals surface area contributed by atoms with E-state index in [4.69, 9.17) is 0 Å². The van der Waals surface area contributed by atoms with Crippen LogP contribution in [0.15, 0.2) is 66.6 Å². The lowest BCUT2D eigenvalue weighted by atomic mass is 10.0. The summed E-state index contributed by atoms with van der Waals surface area (Å²) in [6.45, 7) is 11.9. The van der Waals surface area contributed by atoms with E-state index in [-0.39, 0.29) is 18.1 Å². The lowest BCUT2D eigenvalue weighted by molar-refractivity contribution is -0.114. The maximum Gasteiger partial charge on any atom is 0.224 e. The fourth-order valence-corrected chi connectivity index (χ4v) is 4.72. The number of carbonyl (C=O) groups excluding carboxylic acids is 1. The van der Waals surface area contributed by atoms with Crippen LogP contribution in [0.4, 0.5) is 9.52 Å². The van der Waals surface area contributed by atoms with E-state index < -0.39 is 0 Å². The van der Waals surface area contributed by atoms with Crippen LogP contribution in [-0.4, -0.2) is 42.3 Å². The Labute approximate surface area is 224 Å². The Morgan fingerprint density at radius 1 is 1.14 bits per heavy atom. The minimum Gasteiger partial charge on any atom is -0.366 e. The Hall–Kier alpha value is -3.69. The Bertz CT molecular complexity index is 1320. The SMILES string of the molecule is C=C(/C=C(/c1ccccc1)N(C)CC(=O)C#CCCN(CCC)c1nc(C)cs1)c1ccc(F)c(C)c1. The number of anilines is 1. The van der Waals surface area contributed by atoms with Gasteiger partial charge in [-0.15, -0.1) is 11.3 Å². The zero-order valence-electron chi connectivity index (χ0n) is 22.1. The molecule has 0 saturated carbocycles. The van der Waals surface area contributed by atoms with E-state index in [0.717, 1.165) is 52.7 Å². The monoisotopic (exact) mass is 515 g/mol. The fourth-order valence-electron chi connectivity index (χ4n) is 3.87. The molecule has 0 unspecified atom stereocenters. The first-order chi connectivity index (χ1) is 17.8. The summed E-state index contributed by atoms with van der Waals surface area (Å²) >= 11 is 1.64. The molecule has 0 aliphatic carbocycles. The summed E-state index contributed by atoms with van der Waals surface area (Å²) in [5.74, 6) is 5.46. The van der Waals surface area contributed by atoms with Gasteiger partial charge >= 0.3 is 0 Å². The number of rotatable bonds is 11. The maximum absolute atomic E-state index is 13.7. The molecule has 0 spiro atoms. The molecule has 0 N–H and O–H groups in total. The second-order valence-corrected chi connectivity index (χ2v) is 9.81. The highest BCUT2D eigenvalue weighted by molar-refractivity contribution is 7.13. The molecule has 3 aromatic rings. The van der Waals surface area contributed by atoms with Crippen molar-refractivity contribution in [2.75, 3.05) is 31.6 Å². The average Bonchev–Trinajstić information content (AvgIpc) is 3.32. The molecule has 192 valence electrons. The van der Waals surface area contributed by atoms with E-state index in [2.05, 4.69) is 35.2 Å². The van der Waals surface area contributed by atoms with Crippen LogP contribution < -0.4 is 4.90 Å². The molecule has 3 rings (SSSR count). The molecule has 1 aromatic heterocycles. The first-order valence-electron chi connectivity index (χ1n) is 12.4. The van der Waals surface area contributed by atoms with Crippen LogP contribution in [0, 0.1) is 31.5 Å². The van der Waals surface area contributed by atoms with Crippen LogP contribution in [-0.2, 0) is 4.79 Å². The quantitative estimate of drug-likeness (QED) is 0.161. The predicted octanol–water partition coefficient (Wildman–Crippen LogP) is 6.76. The number of likely N-dealkylation sites (N-methyl/N-ethyl adjacent to an activating group) is 1. The number of allylic oxidation sites excluding steroid dienone is 2. The fraction of sp³-hybridized carbons (Fsp3) is 0.290. The van der Waals surface area contributed by atoms with Crippen molar-refractivity contribution in [3.8, 4) is 11.8 Å². The third-order valence-corrected chi connectivity index (χ3v) is 6.83. The van der Waals surface area contributed by atoms with Crippen molar-refractivity contribution >= 4 is 33.5 Å². The van der Waals surface area contributed by atoms with Crippen molar-refractivity contribution in [2.24, 2.45) is 0 Å². The Kier molecular flexibility index (Phi) is 10.2. The molecule has 0 saturated heterocycles. The van der Waals surface area contributed by atoms with E-state index >= 15 is 0 Å². The van der Waals surface area contributed by atoms with Crippen LogP contribution in [0.2, 0.25) is 0 Å². The van der Waals surface area contributed by atoms with Crippen LogP contribution in [0.25, 0.3) is 11.3 Å². The minimum absolute atomic E-state index is 0.147. The van der Waals surface area contributed by atoms with Gasteiger partial charge < -0.3 is 9.80 Å². The summed E-state index contributed by atoms with van der Waals surface area (Å²) in [7, 11) is 1.87. The summed E-state index contributed by atoms with van der Waals surface area (Å²) in [5, 5.41) is 3.05. The number of hydrogen-bond acceptors (Lipinski definition) is 5. The Morgan fingerprint density at radius 2 is 1.89 bits per heavy atom. The summed E-state index contributed by atoms with van der Waals surface area (Å²) in [6, 6.07) is 14.8. The van der Waals surface area contributed by atoms with E-state index in [1.165, 1.54) is 6.07 Å². The molecule has 0 radical (unpaired) electrons. The third-order valence-electron chi connectivity index (χ3n) is 5.81. The second-order valence-electron chi connectivity index (χ2n) is 8.97. The molecule has 0 aliphatic heterocycles. The molecule has 6 heteroatoms. The zero-order chi connectivity index (χ0) is 26.8. The van der Waals surface area contributed by atoms with Gasteiger partial charge in [0, 0.05) is 37.6 Å². The number of Topliss-reactive ketones (excluding diaryl/α,β-unsaturated/α-hetero) is 1. The Morgan fingerprint density at radius 3 is 2.54 bits per heavy atom. The van der Waals surface area contributed by atoms with Crippen molar-refractivity contribution in [3.05, 3.63) is 94.8 Å². The smallest absolute Gasteiger partial charge is 0.224 e. The number of aryl methyl sites for hydroxylation is 2. The van der Waals surface area contributed by atoms with Crippen molar-refractivity contribution in [1.82, 2.24) is 9.88 Å². The first kappa shape index (κ1) is 27.9. The topological polar surface area (TPSA) is 36.4 Å². The predicted molar refractivity (Wildman–Crippen MR) is 154 cm³/mol. The van der Waals surface area contributed by atoms with Gasteiger partial charge in [-0.3, -0.25) is 4.79 Å². The van der Waals surface area contributed by atoms with Crippen molar-refractivity contribution in [2.45, 2.75) is 33.6 Å². The van der Waals surface area contributed by atoms with Gasteiger partial charge in [-0.05, 0) is 66.7 Å². The lowest BCUT2D eigenvalue weighted by Crippen LogP contribution is -2.25. The van der Waals surface area contributed by atoms with Crippen LogP contribution in [0.3, 0.4) is 0 Å². The van der Waals surface area contributed by atoms with Gasteiger partial charge in [0.1, 0.15) is 5.82 Å². The highest BCUT2D eigenvalue weighted by atomic mass is 32.1. The van der Waals surface area contributed by atoms with Gasteiger partial charge in [-0.1, -0.05) is 55.8 Å². The normalized spacial score (nSPS) is 11.0. The van der Waals surface area contributed by atoms with Crippen molar-refractivity contribution in [1.29, 1.82) is 0 Å². The molecular weight excluding hydrogens is 481 g/mol. The summed E-state index contributed by atoms with van der Waals surface area (Å²) in [4.78, 5) is 21.4. The number of halogens is 1. The summed E-state index contributed by atoms with van der Waals surface area (Å²) in [6.07, 6.45) is 3.55. The second kappa shape index (κ2) is 13.6. The van der Waals surface area contributed by atoms with E-state index in [9.17, 15) is 9.18 Å². The van der Waals surface area contributed by atoms with Crippen LogP contribution >= 0.6 is 11.3 Å². The number of hydrogen-bond donors (Lipinski definition) is 0. The zero-order valence-corrected chi connectivity index (χ0v) is 22.9. The number of thiazole rings is 1. The maximum atomic E-state index is 13.7. The highest BCUT2D eigenvalue weighted by Crippen LogP contribution is 2.25. The first-order valence-corrected chi connectivity index (χ1v) is 13.3. The molecule has 2 aromatic carbocycles. The highest BCUT2D eigenvalue weighted by Gasteiger charge is 2.13. The minimum atomic E-state index is -0.246. The summed E-state index contributed by atoms with van der Waals surface area (Å²) in [5.41, 5.74) is 4.95. The molecule has 4 nitrogen and oxygen atoms in total. The van der Waals surface area contributed by atoms with Crippen LogP contribution in [0.5, 0.6) is 0 Å². The number of nitrogens with zero attached hydrogens (tertiary/aromatic N) is 3. The number of aromatic nitrogens is 1. The van der Waals surface area contributed by atoms with Crippen molar-refractivity contribution < 1.29 is 9.18 Å². The Balaban J connectivity index is 1.69. The average molecular weight is 516 g/mol. The van der Waals surface area contributed by atoms with Gasteiger partial charge in [0.2, 0.25) is 5.78 Å². The lowest BCUT2D eigenvalue weighted by Gasteiger charge is -2.22. The molecule has 0 atom stereocenters. The number of ketones is 1. The molecular formula is C31H34FN3OS. The molecule has 1 heterocycles. The van der Waals surface area contributed by atoms with Gasteiger partial charge in [-0.2, -0.15) is 0 Å². The van der Waals surface area contributed by atoms with Gasteiger partial charge in [0.15, 0.2) is 5.13 Å². The van der Waals surface area contributed by atoms with Crippen molar-refractivity contribution in [3.63, 3.8) is 0 Å². The van der Waals surface area contributed by atoms with Gasteiger partial charge in [-0.25, -0.2) is 9.37 Å². The number of benzene rings is 2. The van der Waals surface area contributed by atoms with E-state index in [0.29, 0.717) is 12.0 Å². The van der Waals surface area contributed by atoms with Crippen LogP contribution in [0.1, 0.15) is 42.1 Å². The van der Waals surface area contributed by atoms with Gasteiger partial charge in [0.25, 0.3) is 0 Å². The van der Waals surface area contributed by atoms with E-state index in [1.54, 1.807) is 30.4 Å². The summed E-state index contributed by atoms with van der Waals surface area (Å²) < 4.78 is 13.7. The molecule has 0 amide bonds. The van der Waals surface area contributed by atoms with E-state index in [1.807, 2.05) is 60.7 Å². The molecule has 37 heavy (non-hydrogen) atoms. The third kappa shape index (κ3) is 8.16. The molecule has 0 fully saturated rings. The molecule has 0 bridgehead atoms. The molecule has 0 aliphatic rings.